The Morgan fingerprint density at radius 3 is 2.32 bits per heavy atom. The number of methoxy groups -OCH3 is 1. The molecule has 160 valence electrons. The summed E-state index contributed by atoms with van der Waals surface area (Å²) in [6.07, 6.45) is 0.746. The van der Waals surface area contributed by atoms with Gasteiger partial charge < -0.3 is 9.64 Å². The van der Waals surface area contributed by atoms with Gasteiger partial charge in [0, 0.05) is 11.7 Å². The van der Waals surface area contributed by atoms with E-state index in [9.17, 15) is 13.2 Å². The molecule has 0 bridgehead atoms. The highest BCUT2D eigenvalue weighted by atomic mass is 32.2. The number of carbonyl (C=O) groups is 1. The maximum atomic E-state index is 13.5. The van der Waals surface area contributed by atoms with Gasteiger partial charge in [-0.05, 0) is 61.4 Å². The lowest BCUT2D eigenvalue weighted by Crippen LogP contribution is -2.45. The van der Waals surface area contributed by atoms with Crippen LogP contribution in [0.15, 0.2) is 83.8 Å². The van der Waals surface area contributed by atoms with E-state index in [-0.39, 0.29) is 23.4 Å². The first kappa shape index (κ1) is 20.9. The van der Waals surface area contributed by atoms with Crippen molar-refractivity contribution in [2.45, 2.75) is 24.3 Å². The number of nitrogens with zero attached hydrogens (tertiary/aromatic N) is 2. The monoisotopic (exact) mass is 436 g/mol. The third-order valence-corrected chi connectivity index (χ3v) is 7.23. The summed E-state index contributed by atoms with van der Waals surface area (Å²) in [4.78, 5) is 15.2. The third-order valence-electron chi connectivity index (χ3n) is 5.45. The van der Waals surface area contributed by atoms with Gasteiger partial charge in [0.15, 0.2) is 0 Å². The van der Waals surface area contributed by atoms with Gasteiger partial charge in [-0.3, -0.25) is 9.10 Å². The fourth-order valence-corrected chi connectivity index (χ4v) is 5.36. The molecule has 3 aromatic rings. The Balaban J connectivity index is 1.72. The van der Waals surface area contributed by atoms with Crippen molar-refractivity contribution < 1.29 is 17.9 Å². The molecule has 0 saturated carbocycles. The summed E-state index contributed by atoms with van der Waals surface area (Å²) in [5.74, 6) is 0.335. The molecule has 3 aromatic carbocycles. The van der Waals surface area contributed by atoms with Crippen molar-refractivity contribution in [1.82, 2.24) is 0 Å². The molecule has 0 spiro atoms. The van der Waals surface area contributed by atoms with Crippen molar-refractivity contribution in [2.75, 3.05) is 22.9 Å². The highest BCUT2D eigenvalue weighted by Gasteiger charge is 2.34. The van der Waals surface area contributed by atoms with Crippen molar-refractivity contribution in [2.24, 2.45) is 0 Å². The highest BCUT2D eigenvalue weighted by molar-refractivity contribution is 7.92. The van der Waals surface area contributed by atoms with Crippen LogP contribution in [-0.4, -0.2) is 34.0 Å². The lowest BCUT2D eigenvalue weighted by molar-refractivity contribution is -0.117. The molecule has 1 aliphatic rings. The lowest BCUT2D eigenvalue weighted by atomic mass is 10.1. The smallest absolute Gasteiger partial charge is 0.264 e. The van der Waals surface area contributed by atoms with Crippen LogP contribution in [0.1, 0.15) is 12.5 Å². The number of hydrogen-bond acceptors (Lipinski definition) is 4. The van der Waals surface area contributed by atoms with Crippen molar-refractivity contribution in [3.8, 4) is 5.75 Å². The molecule has 1 unspecified atom stereocenters. The molecule has 0 aromatic heterocycles. The van der Waals surface area contributed by atoms with E-state index in [1.807, 2.05) is 31.2 Å². The zero-order chi connectivity index (χ0) is 22.0. The molecule has 0 aliphatic carbocycles. The molecule has 6 nitrogen and oxygen atoms in total. The molecule has 4 rings (SSSR count). The summed E-state index contributed by atoms with van der Waals surface area (Å²) >= 11 is 0. The molecule has 0 radical (unpaired) electrons. The first-order valence-electron chi connectivity index (χ1n) is 10.0. The fourth-order valence-electron chi connectivity index (χ4n) is 3.93. The normalized spacial score (nSPS) is 15.4. The van der Waals surface area contributed by atoms with Crippen LogP contribution in [0.25, 0.3) is 0 Å². The van der Waals surface area contributed by atoms with E-state index >= 15 is 0 Å². The maximum absolute atomic E-state index is 13.5. The van der Waals surface area contributed by atoms with E-state index in [0.717, 1.165) is 22.0 Å². The number of carbonyl (C=O) groups excluding carboxylic acids is 1. The molecule has 1 heterocycles. The van der Waals surface area contributed by atoms with Gasteiger partial charge in [0.1, 0.15) is 12.3 Å². The van der Waals surface area contributed by atoms with E-state index < -0.39 is 10.0 Å². The molecule has 0 N–H and O–H groups in total. The number of ether oxygens (including phenoxy) is 1. The zero-order valence-electron chi connectivity index (χ0n) is 17.4. The van der Waals surface area contributed by atoms with E-state index in [2.05, 4.69) is 0 Å². The van der Waals surface area contributed by atoms with E-state index in [1.165, 1.54) is 12.1 Å². The van der Waals surface area contributed by atoms with E-state index in [1.54, 1.807) is 54.5 Å². The van der Waals surface area contributed by atoms with Gasteiger partial charge in [-0.2, -0.15) is 0 Å². The Hall–Kier alpha value is -3.32. The van der Waals surface area contributed by atoms with Crippen LogP contribution < -0.4 is 13.9 Å². The number of amides is 1. The minimum absolute atomic E-state index is 0.0398. The fraction of sp³-hybridized carbons (Fsp3) is 0.208. The van der Waals surface area contributed by atoms with Gasteiger partial charge >= 0.3 is 0 Å². The second kappa shape index (κ2) is 8.43. The lowest BCUT2D eigenvalue weighted by Gasteiger charge is -2.29. The summed E-state index contributed by atoms with van der Waals surface area (Å²) in [7, 11) is -2.40. The summed E-state index contributed by atoms with van der Waals surface area (Å²) < 4.78 is 33.3. The van der Waals surface area contributed by atoms with Gasteiger partial charge in [-0.15, -0.1) is 0 Å². The summed E-state index contributed by atoms with van der Waals surface area (Å²) in [5.41, 5.74) is 2.33. The molecule has 1 aliphatic heterocycles. The number of sulfonamides is 1. The third kappa shape index (κ3) is 4.01. The Bertz CT molecular complexity index is 1180. The van der Waals surface area contributed by atoms with Crippen molar-refractivity contribution in [3.63, 3.8) is 0 Å². The van der Waals surface area contributed by atoms with Crippen molar-refractivity contribution >= 4 is 27.3 Å². The number of hydrogen-bond donors (Lipinski definition) is 0. The molecular weight excluding hydrogens is 412 g/mol. The summed E-state index contributed by atoms with van der Waals surface area (Å²) in [6.45, 7) is 1.67. The van der Waals surface area contributed by atoms with Gasteiger partial charge in [-0.1, -0.05) is 36.4 Å². The minimum atomic E-state index is -3.95. The van der Waals surface area contributed by atoms with Crippen LogP contribution >= 0.6 is 0 Å². The summed E-state index contributed by atoms with van der Waals surface area (Å²) in [5, 5.41) is 0. The van der Waals surface area contributed by atoms with Gasteiger partial charge in [0.2, 0.25) is 5.91 Å². The van der Waals surface area contributed by atoms with Crippen LogP contribution in [0.4, 0.5) is 11.4 Å². The van der Waals surface area contributed by atoms with Crippen LogP contribution in [0.5, 0.6) is 5.75 Å². The Morgan fingerprint density at radius 1 is 1.00 bits per heavy atom. The van der Waals surface area contributed by atoms with Crippen molar-refractivity contribution in [3.05, 3.63) is 84.4 Å². The Kier molecular flexibility index (Phi) is 5.69. The number of anilines is 2. The number of rotatable bonds is 6. The average molecular weight is 437 g/mol. The van der Waals surface area contributed by atoms with E-state index in [4.69, 9.17) is 4.74 Å². The van der Waals surface area contributed by atoms with Crippen LogP contribution in [0, 0.1) is 0 Å². The standard InChI is InChI=1S/C24H24N2O4S/c1-18-16-19-8-6-7-11-23(19)26(18)24(27)17-25(20-12-14-21(30-2)15-13-20)31(28,29)22-9-4-3-5-10-22/h3-15,18H,16-17H2,1-2H3. The largest absolute Gasteiger partial charge is 0.497 e. The second-order valence-electron chi connectivity index (χ2n) is 7.47. The molecule has 31 heavy (non-hydrogen) atoms. The summed E-state index contributed by atoms with van der Waals surface area (Å²) in [6, 6.07) is 22.5. The van der Waals surface area contributed by atoms with Crippen molar-refractivity contribution in [1.29, 1.82) is 0 Å². The number of para-hydroxylation sites is 1. The average Bonchev–Trinajstić information content (AvgIpc) is 3.13. The molecule has 1 atom stereocenters. The van der Waals surface area contributed by atoms with E-state index in [0.29, 0.717) is 11.4 Å². The quantitative estimate of drug-likeness (QED) is 0.588. The molecule has 7 heteroatoms. The number of benzene rings is 3. The minimum Gasteiger partial charge on any atom is -0.497 e. The SMILES string of the molecule is COc1ccc(N(CC(=O)N2c3ccccc3CC2C)S(=O)(=O)c2ccccc2)cc1. The first-order valence-corrected chi connectivity index (χ1v) is 11.5. The first-order chi connectivity index (χ1) is 14.9. The predicted molar refractivity (Wildman–Crippen MR) is 121 cm³/mol. The van der Waals surface area contributed by atoms with Crippen LogP contribution in [0.3, 0.4) is 0 Å². The Morgan fingerprint density at radius 2 is 1.65 bits per heavy atom. The van der Waals surface area contributed by atoms with Gasteiger partial charge in [0.05, 0.1) is 17.7 Å². The topological polar surface area (TPSA) is 66.9 Å². The molecule has 0 fully saturated rings. The van der Waals surface area contributed by atoms with Crippen LogP contribution in [-0.2, 0) is 21.2 Å². The molecule has 1 amide bonds. The van der Waals surface area contributed by atoms with Gasteiger partial charge in [0.25, 0.3) is 10.0 Å². The maximum Gasteiger partial charge on any atom is 0.264 e. The van der Waals surface area contributed by atoms with Crippen LogP contribution in [0.2, 0.25) is 0 Å². The second-order valence-corrected chi connectivity index (χ2v) is 9.33. The molecule has 0 saturated heterocycles. The zero-order valence-corrected chi connectivity index (χ0v) is 18.2. The number of fused-ring (bicyclic) bond motifs is 1. The van der Waals surface area contributed by atoms with Gasteiger partial charge in [-0.25, -0.2) is 8.42 Å². The molecular formula is C24H24N2O4S. The highest BCUT2D eigenvalue weighted by Crippen LogP contribution is 2.33. The Labute approximate surface area is 182 Å². The predicted octanol–water partition coefficient (Wildman–Crippen LogP) is 3.87.